The number of piperazine rings is 1. The van der Waals surface area contributed by atoms with Crippen LogP contribution in [-0.4, -0.2) is 58.0 Å². The molecule has 0 aliphatic carbocycles. The van der Waals surface area contributed by atoms with E-state index in [1.54, 1.807) is 0 Å². The lowest BCUT2D eigenvalue weighted by atomic mass is 10.2. The largest absolute Gasteiger partial charge is 0.326 e. The summed E-state index contributed by atoms with van der Waals surface area (Å²) in [7, 11) is 2.17. The predicted molar refractivity (Wildman–Crippen MR) is 82.0 cm³/mol. The summed E-state index contributed by atoms with van der Waals surface area (Å²) in [5.41, 5.74) is 8.77. The lowest BCUT2D eigenvalue weighted by Gasteiger charge is -2.31. The third-order valence-corrected chi connectivity index (χ3v) is 3.96. The molecule has 0 bridgehead atoms. The van der Waals surface area contributed by atoms with Crippen molar-refractivity contribution in [2.45, 2.75) is 13.1 Å². The zero-order valence-corrected chi connectivity index (χ0v) is 12.4. The first-order valence-corrected chi connectivity index (χ1v) is 7.36. The molecule has 6 heteroatoms. The number of rotatable bonds is 4. The summed E-state index contributed by atoms with van der Waals surface area (Å²) in [6.07, 6.45) is 2.01. The van der Waals surface area contributed by atoms with E-state index in [0.29, 0.717) is 6.54 Å². The molecular formula is C15H22N6. The summed E-state index contributed by atoms with van der Waals surface area (Å²) < 4.78 is 1.83. The second-order valence-electron chi connectivity index (χ2n) is 5.60. The van der Waals surface area contributed by atoms with E-state index in [0.717, 1.165) is 49.7 Å². The van der Waals surface area contributed by atoms with Crippen molar-refractivity contribution in [1.29, 1.82) is 0 Å². The van der Waals surface area contributed by atoms with Crippen LogP contribution in [0.25, 0.3) is 5.69 Å². The Morgan fingerprint density at radius 2 is 1.81 bits per heavy atom. The first-order chi connectivity index (χ1) is 10.2. The highest BCUT2D eigenvalue weighted by atomic mass is 15.4. The van der Waals surface area contributed by atoms with Crippen LogP contribution in [0.15, 0.2) is 30.5 Å². The van der Waals surface area contributed by atoms with Crippen molar-refractivity contribution in [2.24, 2.45) is 5.73 Å². The average Bonchev–Trinajstić information content (AvgIpc) is 2.98. The third kappa shape index (κ3) is 3.47. The van der Waals surface area contributed by atoms with Gasteiger partial charge in [-0.15, -0.1) is 5.10 Å². The maximum atomic E-state index is 5.61. The molecule has 1 aliphatic heterocycles. The fraction of sp³-hybridized carbons (Fsp3) is 0.467. The highest BCUT2D eigenvalue weighted by Crippen LogP contribution is 2.10. The molecule has 0 atom stereocenters. The van der Waals surface area contributed by atoms with Crippen LogP contribution >= 0.6 is 0 Å². The lowest BCUT2D eigenvalue weighted by Crippen LogP contribution is -2.43. The minimum Gasteiger partial charge on any atom is -0.326 e. The van der Waals surface area contributed by atoms with Crippen molar-refractivity contribution in [2.75, 3.05) is 33.2 Å². The molecule has 0 unspecified atom stereocenters. The molecule has 1 aromatic carbocycles. The molecule has 0 radical (unpaired) electrons. The second kappa shape index (κ2) is 6.34. The van der Waals surface area contributed by atoms with Crippen molar-refractivity contribution in [1.82, 2.24) is 24.8 Å². The minimum atomic E-state index is 0.562. The van der Waals surface area contributed by atoms with Gasteiger partial charge in [-0.05, 0) is 24.7 Å². The Hall–Kier alpha value is -1.76. The highest BCUT2D eigenvalue weighted by molar-refractivity contribution is 5.33. The van der Waals surface area contributed by atoms with Crippen LogP contribution in [0.3, 0.4) is 0 Å². The van der Waals surface area contributed by atoms with Gasteiger partial charge in [0.15, 0.2) is 0 Å². The van der Waals surface area contributed by atoms with Gasteiger partial charge < -0.3 is 10.6 Å². The van der Waals surface area contributed by atoms with Gasteiger partial charge in [-0.3, -0.25) is 4.90 Å². The predicted octanol–water partition coefficient (Wildman–Crippen LogP) is 0.473. The summed E-state index contributed by atoms with van der Waals surface area (Å²) in [6.45, 7) is 5.85. The molecule has 0 saturated carbocycles. The van der Waals surface area contributed by atoms with Crippen molar-refractivity contribution >= 4 is 0 Å². The summed E-state index contributed by atoms with van der Waals surface area (Å²) in [5, 5.41) is 8.50. The Bertz CT molecular complexity index is 568. The van der Waals surface area contributed by atoms with Crippen LogP contribution in [0.2, 0.25) is 0 Å². The molecule has 1 fully saturated rings. The van der Waals surface area contributed by atoms with E-state index >= 15 is 0 Å². The summed E-state index contributed by atoms with van der Waals surface area (Å²) in [6, 6.07) is 8.10. The van der Waals surface area contributed by atoms with Gasteiger partial charge in [-0.1, -0.05) is 17.3 Å². The van der Waals surface area contributed by atoms with Gasteiger partial charge in [0.2, 0.25) is 0 Å². The Kier molecular flexibility index (Phi) is 4.28. The maximum Gasteiger partial charge on any atom is 0.0971 e. The Balaban J connectivity index is 1.65. The van der Waals surface area contributed by atoms with Gasteiger partial charge >= 0.3 is 0 Å². The number of hydrogen-bond acceptors (Lipinski definition) is 5. The van der Waals surface area contributed by atoms with E-state index in [1.165, 1.54) is 0 Å². The zero-order chi connectivity index (χ0) is 14.7. The van der Waals surface area contributed by atoms with E-state index in [1.807, 2.05) is 35.1 Å². The molecule has 2 aromatic rings. The van der Waals surface area contributed by atoms with E-state index in [-0.39, 0.29) is 0 Å². The van der Waals surface area contributed by atoms with Gasteiger partial charge in [-0.2, -0.15) is 0 Å². The van der Waals surface area contributed by atoms with Gasteiger partial charge in [-0.25, -0.2) is 4.68 Å². The van der Waals surface area contributed by atoms with Gasteiger partial charge in [0.05, 0.1) is 17.6 Å². The first-order valence-electron chi connectivity index (χ1n) is 7.36. The normalized spacial score (nSPS) is 17.2. The van der Waals surface area contributed by atoms with Crippen molar-refractivity contribution in [3.05, 3.63) is 41.7 Å². The number of benzene rings is 1. The minimum absolute atomic E-state index is 0.562. The quantitative estimate of drug-likeness (QED) is 0.885. The highest BCUT2D eigenvalue weighted by Gasteiger charge is 2.15. The maximum absolute atomic E-state index is 5.61. The summed E-state index contributed by atoms with van der Waals surface area (Å²) in [4.78, 5) is 4.78. The molecule has 3 rings (SSSR count). The van der Waals surface area contributed by atoms with Crippen molar-refractivity contribution < 1.29 is 0 Å². The lowest BCUT2D eigenvalue weighted by molar-refractivity contribution is 0.147. The monoisotopic (exact) mass is 286 g/mol. The Morgan fingerprint density at radius 1 is 1.10 bits per heavy atom. The van der Waals surface area contributed by atoms with Crippen LogP contribution in [0, 0.1) is 0 Å². The van der Waals surface area contributed by atoms with Crippen LogP contribution in [-0.2, 0) is 13.1 Å². The van der Waals surface area contributed by atoms with Gasteiger partial charge in [0.25, 0.3) is 0 Å². The number of nitrogens with zero attached hydrogens (tertiary/aromatic N) is 5. The molecule has 0 spiro atoms. The SMILES string of the molecule is CN1CCN(Cc2cn(-c3ccc(CN)cc3)nn2)CC1. The Morgan fingerprint density at radius 3 is 2.48 bits per heavy atom. The number of hydrogen-bond donors (Lipinski definition) is 1. The van der Waals surface area contributed by atoms with E-state index in [4.69, 9.17) is 5.73 Å². The molecule has 2 heterocycles. The van der Waals surface area contributed by atoms with E-state index in [9.17, 15) is 0 Å². The topological polar surface area (TPSA) is 63.2 Å². The molecule has 1 aromatic heterocycles. The molecule has 1 saturated heterocycles. The third-order valence-electron chi connectivity index (χ3n) is 3.96. The zero-order valence-electron chi connectivity index (χ0n) is 12.4. The molecule has 1 aliphatic rings. The van der Waals surface area contributed by atoms with Crippen molar-refractivity contribution in [3.63, 3.8) is 0 Å². The fourth-order valence-corrected chi connectivity index (χ4v) is 2.52. The van der Waals surface area contributed by atoms with Crippen LogP contribution < -0.4 is 5.73 Å². The second-order valence-corrected chi connectivity index (χ2v) is 5.60. The van der Waals surface area contributed by atoms with Gasteiger partial charge in [0.1, 0.15) is 0 Å². The molecule has 21 heavy (non-hydrogen) atoms. The molecule has 112 valence electrons. The molecule has 6 nitrogen and oxygen atoms in total. The summed E-state index contributed by atoms with van der Waals surface area (Å²) in [5.74, 6) is 0. The number of nitrogens with two attached hydrogens (primary N) is 1. The van der Waals surface area contributed by atoms with Crippen LogP contribution in [0.1, 0.15) is 11.3 Å². The van der Waals surface area contributed by atoms with Gasteiger partial charge in [0, 0.05) is 39.3 Å². The molecule has 2 N–H and O–H groups in total. The van der Waals surface area contributed by atoms with Crippen molar-refractivity contribution in [3.8, 4) is 5.69 Å². The average molecular weight is 286 g/mol. The number of likely N-dealkylation sites (N-methyl/N-ethyl adjacent to an activating group) is 1. The summed E-state index contributed by atoms with van der Waals surface area (Å²) >= 11 is 0. The fourth-order valence-electron chi connectivity index (χ4n) is 2.52. The number of aromatic nitrogens is 3. The van der Waals surface area contributed by atoms with E-state index in [2.05, 4.69) is 27.2 Å². The molecule has 0 amide bonds. The van der Waals surface area contributed by atoms with Crippen LogP contribution in [0.4, 0.5) is 0 Å². The smallest absolute Gasteiger partial charge is 0.0971 e. The Labute approximate surface area is 125 Å². The van der Waals surface area contributed by atoms with Crippen LogP contribution in [0.5, 0.6) is 0 Å². The first kappa shape index (κ1) is 14.2. The molecular weight excluding hydrogens is 264 g/mol. The van der Waals surface area contributed by atoms with E-state index < -0.39 is 0 Å². The standard InChI is InChI=1S/C15H22N6/c1-19-6-8-20(9-7-19)11-14-12-21(18-17-14)15-4-2-13(10-16)3-5-15/h2-5,12H,6-11,16H2,1H3.